The van der Waals surface area contributed by atoms with E-state index in [2.05, 4.69) is 11.9 Å². The third-order valence-electron chi connectivity index (χ3n) is 3.45. The Labute approximate surface area is 94.7 Å². The van der Waals surface area contributed by atoms with Crippen molar-refractivity contribution in [2.75, 3.05) is 0 Å². The van der Waals surface area contributed by atoms with Gasteiger partial charge in [0.1, 0.15) is 5.78 Å². The van der Waals surface area contributed by atoms with Crippen LogP contribution in [0.1, 0.15) is 43.9 Å². The summed E-state index contributed by atoms with van der Waals surface area (Å²) in [6, 6.07) is 0. The number of ketones is 1. The van der Waals surface area contributed by atoms with Gasteiger partial charge in [-0.2, -0.15) is 0 Å². The maximum Gasteiger partial charge on any atom is 0.143 e. The van der Waals surface area contributed by atoms with E-state index in [4.69, 9.17) is 0 Å². The molecular weight excluding hydrogens is 206 g/mol. The van der Waals surface area contributed by atoms with Crippen LogP contribution in [0.15, 0.2) is 11.7 Å². The average Bonchev–Trinajstić information content (AvgIpc) is 2.71. The average molecular weight is 223 g/mol. The maximum absolute atomic E-state index is 12.2. The lowest BCUT2D eigenvalue weighted by atomic mass is 9.72. The van der Waals surface area contributed by atoms with E-state index < -0.39 is 0 Å². The molecule has 0 aromatic carbocycles. The fourth-order valence-corrected chi connectivity index (χ4v) is 2.91. The minimum atomic E-state index is -0.0533. The summed E-state index contributed by atoms with van der Waals surface area (Å²) in [6.07, 6.45) is 8.27. The van der Waals surface area contributed by atoms with Crippen LogP contribution in [0.4, 0.5) is 0 Å². The van der Waals surface area contributed by atoms with Crippen molar-refractivity contribution in [2.24, 2.45) is 5.41 Å². The number of carbonyl (C=O) groups excluding carboxylic acids is 1. The molecule has 1 aromatic heterocycles. The fraction of sp³-hybridized carbons (Fsp3) is 0.667. The molecule has 0 N–H and O–H groups in total. The van der Waals surface area contributed by atoms with Crippen LogP contribution in [0, 0.1) is 5.41 Å². The minimum Gasteiger partial charge on any atom is -0.299 e. The molecule has 2 rings (SSSR count). The molecule has 15 heavy (non-hydrogen) atoms. The number of nitrogens with zero attached hydrogens (tertiary/aromatic N) is 1. The van der Waals surface area contributed by atoms with Crippen molar-refractivity contribution in [3.8, 4) is 0 Å². The second-order valence-electron chi connectivity index (χ2n) is 4.69. The largest absolute Gasteiger partial charge is 0.299 e. The van der Waals surface area contributed by atoms with Gasteiger partial charge < -0.3 is 0 Å². The van der Waals surface area contributed by atoms with Crippen molar-refractivity contribution in [1.29, 1.82) is 0 Å². The Morgan fingerprint density at radius 1 is 1.47 bits per heavy atom. The molecule has 0 atom stereocenters. The molecule has 1 fully saturated rings. The quantitative estimate of drug-likeness (QED) is 0.787. The normalized spacial score (nSPS) is 20.1. The molecule has 0 radical (unpaired) electrons. The van der Waals surface area contributed by atoms with Crippen LogP contribution in [0.5, 0.6) is 0 Å². The van der Waals surface area contributed by atoms with Crippen LogP contribution in [0.3, 0.4) is 0 Å². The van der Waals surface area contributed by atoms with Gasteiger partial charge in [0.2, 0.25) is 0 Å². The van der Waals surface area contributed by atoms with Gasteiger partial charge in [-0.05, 0) is 12.8 Å². The van der Waals surface area contributed by atoms with E-state index in [1.165, 1.54) is 19.3 Å². The monoisotopic (exact) mass is 223 g/mol. The summed E-state index contributed by atoms with van der Waals surface area (Å²) in [5.74, 6) is 0.409. The van der Waals surface area contributed by atoms with Crippen molar-refractivity contribution >= 4 is 17.1 Å². The number of rotatable bonds is 3. The predicted molar refractivity (Wildman–Crippen MR) is 62.0 cm³/mol. The van der Waals surface area contributed by atoms with Crippen LogP contribution in [0.25, 0.3) is 0 Å². The highest BCUT2D eigenvalue weighted by molar-refractivity contribution is 7.09. The van der Waals surface area contributed by atoms with Crippen LogP contribution in [-0.4, -0.2) is 10.8 Å². The molecule has 0 spiro atoms. The summed E-state index contributed by atoms with van der Waals surface area (Å²) in [4.78, 5) is 17.3. The van der Waals surface area contributed by atoms with Crippen LogP contribution in [-0.2, 0) is 11.2 Å². The smallest absolute Gasteiger partial charge is 0.143 e. The molecule has 2 nitrogen and oxygen atoms in total. The number of Topliss-reactive ketones (excluding diaryl/α,β-unsaturated/α-hetero) is 1. The number of carbonyl (C=O) groups is 1. The first-order valence-electron chi connectivity index (χ1n) is 5.61. The molecule has 82 valence electrons. The molecule has 0 unspecified atom stereocenters. The number of hydrogen-bond acceptors (Lipinski definition) is 3. The van der Waals surface area contributed by atoms with Gasteiger partial charge in [0.25, 0.3) is 0 Å². The molecule has 1 heterocycles. The van der Waals surface area contributed by atoms with Gasteiger partial charge in [0, 0.05) is 22.9 Å². The van der Waals surface area contributed by atoms with Gasteiger partial charge in [-0.15, -0.1) is 11.3 Å². The van der Waals surface area contributed by atoms with Crippen molar-refractivity contribution < 1.29 is 4.79 Å². The summed E-state index contributed by atoms with van der Waals surface area (Å²) in [6.45, 7) is 2.13. The lowest BCUT2D eigenvalue weighted by Gasteiger charge is -2.31. The third-order valence-corrected chi connectivity index (χ3v) is 4.23. The Kier molecular flexibility index (Phi) is 3.19. The first-order valence-corrected chi connectivity index (χ1v) is 6.49. The molecule has 1 saturated carbocycles. The molecule has 0 bridgehead atoms. The Hall–Kier alpha value is -0.700. The lowest BCUT2D eigenvalue weighted by Crippen LogP contribution is -2.31. The summed E-state index contributed by atoms with van der Waals surface area (Å²) < 4.78 is 0. The molecule has 1 aliphatic carbocycles. The van der Waals surface area contributed by atoms with Crippen molar-refractivity contribution in [1.82, 2.24) is 4.98 Å². The van der Waals surface area contributed by atoms with E-state index in [0.29, 0.717) is 12.2 Å². The zero-order valence-electron chi connectivity index (χ0n) is 9.16. The highest BCUT2D eigenvalue weighted by Gasteiger charge is 2.33. The van der Waals surface area contributed by atoms with E-state index in [9.17, 15) is 4.79 Å². The highest BCUT2D eigenvalue weighted by atomic mass is 32.1. The van der Waals surface area contributed by atoms with Crippen LogP contribution >= 0.6 is 11.3 Å². The van der Waals surface area contributed by atoms with Crippen LogP contribution < -0.4 is 0 Å². The third kappa shape index (κ3) is 2.46. The standard InChI is InChI=1S/C12H17NOS/c1-12(5-3-2-4-6-12)11(14)7-10-8-13-9-15-10/h8-9H,2-7H2,1H3. The topological polar surface area (TPSA) is 30.0 Å². The highest BCUT2D eigenvalue weighted by Crippen LogP contribution is 2.37. The molecule has 0 amide bonds. The van der Waals surface area contributed by atoms with Crippen molar-refractivity contribution in [2.45, 2.75) is 45.4 Å². The maximum atomic E-state index is 12.2. The first kappa shape index (κ1) is 10.8. The van der Waals surface area contributed by atoms with Crippen molar-refractivity contribution in [3.05, 3.63) is 16.6 Å². The minimum absolute atomic E-state index is 0.0533. The van der Waals surface area contributed by atoms with Crippen LogP contribution in [0.2, 0.25) is 0 Å². The van der Waals surface area contributed by atoms with E-state index in [1.807, 2.05) is 6.20 Å². The molecule has 0 aliphatic heterocycles. The van der Waals surface area contributed by atoms with Crippen molar-refractivity contribution in [3.63, 3.8) is 0 Å². The Bertz CT molecular complexity index is 325. The zero-order valence-corrected chi connectivity index (χ0v) is 9.98. The summed E-state index contributed by atoms with van der Waals surface area (Å²) >= 11 is 1.58. The Morgan fingerprint density at radius 3 is 2.80 bits per heavy atom. The molecule has 1 aromatic rings. The number of aromatic nitrogens is 1. The summed E-state index contributed by atoms with van der Waals surface area (Å²) in [5, 5.41) is 0. The first-order chi connectivity index (χ1) is 7.21. The second kappa shape index (κ2) is 4.44. The Balaban J connectivity index is 2.00. The molecule has 1 aliphatic rings. The fourth-order valence-electron chi connectivity index (χ4n) is 2.31. The van der Waals surface area contributed by atoms with E-state index in [0.717, 1.165) is 17.7 Å². The van der Waals surface area contributed by atoms with Gasteiger partial charge in [-0.3, -0.25) is 9.78 Å². The summed E-state index contributed by atoms with van der Waals surface area (Å²) in [7, 11) is 0. The SMILES string of the molecule is CC1(C(=O)Cc2cncs2)CCCCC1. The van der Waals surface area contributed by atoms with E-state index >= 15 is 0 Å². The molecule has 3 heteroatoms. The molecule has 0 saturated heterocycles. The zero-order chi connectivity index (χ0) is 10.7. The van der Waals surface area contributed by atoms with Gasteiger partial charge in [0.15, 0.2) is 0 Å². The van der Waals surface area contributed by atoms with Gasteiger partial charge in [-0.1, -0.05) is 26.2 Å². The van der Waals surface area contributed by atoms with E-state index in [-0.39, 0.29) is 5.41 Å². The van der Waals surface area contributed by atoms with Gasteiger partial charge in [0.05, 0.1) is 5.51 Å². The molecular formula is C12H17NOS. The van der Waals surface area contributed by atoms with E-state index in [1.54, 1.807) is 16.8 Å². The summed E-state index contributed by atoms with van der Waals surface area (Å²) in [5.41, 5.74) is 1.74. The second-order valence-corrected chi connectivity index (χ2v) is 5.66. The Morgan fingerprint density at radius 2 is 2.20 bits per heavy atom. The number of thiazole rings is 1. The van der Waals surface area contributed by atoms with Gasteiger partial charge in [-0.25, -0.2) is 0 Å². The lowest BCUT2D eigenvalue weighted by molar-refractivity contribution is -0.128. The predicted octanol–water partition coefficient (Wildman–Crippen LogP) is 3.23. The van der Waals surface area contributed by atoms with Gasteiger partial charge >= 0.3 is 0 Å². The number of hydrogen-bond donors (Lipinski definition) is 0.